The fourth-order valence-corrected chi connectivity index (χ4v) is 2.18. The Morgan fingerprint density at radius 3 is 2.75 bits per heavy atom. The van der Waals surface area contributed by atoms with Gasteiger partial charge in [-0.2, -0.15) is 0 Å². The highest BCUT2D eigenvalue weighted by molar-refractivity contribution is 7.88. The predicted molar refractivity (Wildman–Crippen MR) is 55.5 cm³/mol. The van der Waals surface area contributed by atoms with Gasteiger partial charge in [0.15, 0.2) is 0 Å². The number of hydrogen-bond donors (Lipinski definition) is 2. The first-order valence-electron chi connectivity index (χ1n) is 4.83. The molecule has 2 N–H and O–H groups in total. The number of hydrogen-bond acceptors (Lipinski definition) is 3. The fraction of sp³-hybridized carbons (Fsp3) is 0.875. The number of amides is 1. The molecule has 1 rings (SSSR count). The van der Waals surface area contributed by atoms with E-state index >= 15 is 0 Å². The predicted octanol–water partition coefficient (Wildman–Crippen LogP) is 0.0177. The Morgan fingerprint density at radius 1 is 1.62 bits per heavy atom. The third-order valence-electron chi connectivity index (χ3n) is 2.45. The lowest BCUT2D eigenvalue weighted by Gasteiger charge is -2.35. The topological polar surface area (TPSA) is 86.7 Å². The van der Waals surface area contributed by atoms with Crippen LogP contribution in [0, 0.1) is 0 Å². The fourth-order valence-electron chi connectivity index (χ4n) is 1.65. The normalized spacial score (nSPS) is 26.8. The molecule has 0 aromatic carbocycles. The molecule has 6 nitrogen and oxygen atoms in total. The Balaban J connectivity index is 2.59. The zero-order valence-electron chi connectivity index (χ0n) is 8.94. The summed E-state index contributed by atoms with van der Waals surface area (Å²) in [6.07, 6.45) is 0.322. The SMILES string of the molecule is CS(=O)(=O)NCC1(F)CCCN(C(=O)O)C1. The molecule has 1 atom stereocenters. The van der Waals surface area contributed by atoms with E-state index in [2.05, 4.69) is 4.72 Å². The molecule has 1 unspecified atom stereocenters. The Kier molecular flexibility index (Phi) is 3.74. The third-order valence-corrected chi connectivity index (χ3v) is 3.12. The van der Waals surface area contributed by atoms with Crippen LogP contribution in [-0.4, -0.2) is 56.1 Å². The Bertz CT molecular complexity index is 372. The summed E-state index contributed by atoms with van der Waals surface area (Å²) < 4.78 is 37.8. The molecule has 8 heteroatoms. The number of piperidine rings is 1. The van der Waals surface area contributed by atoms with Gasteiger partial charge in [0.2, 0.25) is 10.0 Å². The minimum Gasteiger partial charge on any atom is -0.465 e. The molecule has 0 bridgehead atoms. The number of nitrogens with zero attached hydrogens (tertiary/aromatic N) is 1. The first-order valence-corrected chi connectivity index (χ1v) is 6.72. The molecule has 0 aromatic rings. The quantitative estimate of drug-likeness (QED) is 0.743. The molecule has 1 heterocycles. The van der Waals surface area contributed by atoms with E-state index in [1.54, 1.807) is 0 Å². The molecular formula is C8H15FN2O4S. The van der Waals surface area contributed by atoms with Crippen LogP contribution < -0.4 is 4.72 Å². The first kappa shape index (κ1) is 13.2. The summed E-state index contributed by atoms with van der Waals surface area (Å²) in [5, 5.41) is 8.72. The van der Waals surface area contributed by atoms with Gasteiger partial charge in [-0.15, -0.1) is 0 Å². The van der Waals surface area contributed by atoms with Crippen LogP contribution in [0.4, 0.5) is 9.18 Å². The highest BCUT2D eigenvalue weighted by Gasteiger charge is 2.37. The Hall–Kier alpha value is -0.890. The van der Waals surface area contributed by atoms with Crippen LogP contribution >= 0.6 is 0 Å². The zero-order chi connectivity index (χ0) is 12.4. The maximum atomic E-state index is 14.1. The molecule has 1 aliphatic heterocycles. The van der Waals surface area contributed by atoms with E-state index in [4.69, 9.17) is 5.11 Å². The van der Waals surface area contributed by atoms with Crippen molar-refractivity contribution in [3.8, 4) is 0 Å². The number of carboxylic acid groups (broad SMARTS) is 1. The van der Waals surface area contributed by atoms with Crippen molar-refractivity contribution in [3.05, 3.63) is 0 Å². The van der Waals surface area contributed by atoms with Crippen LogP contribution in [0.3, 0.4) is 0 Å². The van der Waals surface area contributed by atoms with Gasteiger partial charge >= 0.3 is 6.09 Å². The molecule has 1 fully saturated rings. The van der Waals surface area contributed by atoms with E-state index < -0.39 is 21.8 Å². The molecule has 1 amide bonds. The Morgan fingerprint density at radius 2 is 2.25 bits per heavy atom. The molecule has 1 aliphatic rings. The maximum Gasteiger partial charge on any atom is 0.407 e. The molecular weight excluding hydrogens is 239 g/mol. The Labute approximate surface area is 93.5 Å². The van der Waals surface area contributed by atoms with Crippen molar-refractivity contribution in [1.82, 2.24) is 9.62 Å². The van der Waals surface area contributed by atoms with E-state index in [0.29, 0.717) is 13.0 Å². The number of rotatable bonds is 3. The molecule has 0 spiro atoms. The van der Waals surface area contributed by atoms with Gasteiger partial charge in [-0.25, -0.2) is 22.3 Å². The van der Waals surface area contributed by atoms with Crippen molar-refractivity contribution < 1.29 is 22.7 Å². The zero-order valence-corrected chi connectivity index (χ0v) is 9.76. The summed E-state index contributed by atoms with van der Waals surface area (Å²) >= 11 is 0. The average molecular weight is 254 g/mol. The van der Waals surface area contributed by atoms with Crippen molar-refractivity contribution in [2.75, 3.05) is 25.9 Å². The summed E-state index contributed by atoms with van der Waals surface area (Å²) in [5.74, 6) is 0. The molecule has 1 saturated heterocycles. The van der Waals surface area contributed by atoms with Crippen molar-refractivity contribution in [1.29, 1.82) is 0 Å². The summed E-state index contributed by atoms with van der Waals surface area (Å²) in [5.41, 5.74) is -1.81. The van der Waals surface area contributed by atoms with Crippen LogP contribution in [0.5, 0.6) is 0 Å². The lowest BCUT2D eigenvalue weighted by atomic mass is 9.95. The number of likely N-dealkylation sites (tertiary alicyclic amines) is 1. The van der Waals surface area contributed by atoms with Crippen LogP contribution in [0.1, 0.15) is 12.8 Å². The molecule has 94 valence electrons. The van der Waals surface area contributed by atoms with Crippen LogP contribution in [0.2, 0.25) is 0 Å². The minimum absolute atomic E-state index is 0.166. The van der Waals surface area contributed by atoms with Gasteiger partial charge in [0.25, 0.3) is 0 Å². The second-order valence-corrected chi connectivity index (χ2v) is 5.88. The molecule has 0 aliphatic carbocycles. The highest BCUT2D eigenvalue weighted by atomic mass is 32.2. The number of alkyl halides is 1. The summed E-state index contributed by atoms with van der Waals surface area (Å²) in [7, 11) is -3.46. The van der Waals surface area contributed by atoms with Crippen molar-refractivity contribution >= 4 is 16.1 Å². The second kappa shape index (κ2) is 4.54. The minimum atomic E-state index is -3.46. The van der Waals surface area contributed by atoms with Gasteiger partial charge in [0, 0.05) is 13.1 Å². The van der Waals surface area contributed by atoms with E-state index in [-0.39, 0.29) is 19.5 Å². The van der Waals surface area contributed by atoms with Crippen molar-refractivity contribution in [2.24, 2.45) is 0 Å². The summed E-state index contributed by atoms with van der Waals surface area (Å²) in [4.78, 5) is 11.6. The van der Waals surface area contributed by atoms with E-state index in [0.717, 1.165) is 11.2 Å². The lowest BCUT2D eigenvalue weighted by Crippen LogP contribution is -2.52. The van der Waals surface area contributed by atoms with Gasteiger partial charge in [-0.05, 0) is 12.8 Å². The van der Waals surface area contributed by atoms with E-state index in [1.807, 2.05) is 0 Å². The molecule has 16 heavy (non-hydrogen) atoms. The smallest absolute Gasteiger partial charge is 0.407 e. The van der Waals surface area contributed by atoms with Crippen LogP contribution in [0.25, 0.3) is 0 Å². The maximum absolute atomic E-state index is 14.1. The standard InChI is InChI=1S/C8H15FN2O4S/c1-16(14,15)10-5-8(9)3-2-4-11(6-8)7(12)13/h10H,2-6H2,1H3,(H,12,13). The van der Waals surface area contributed by atoms with Crippen molar-refractivity contribution in [3.63, 3.8) is 0 Å². The van der Waals surface area contributed by atoms with Crippen molar-refractivity contribution in [2.45, 2.75) is 18.5 Å². The van der Waals surface area contributed by atoms with Gasteiger partial charge in [0.05, 0.1) is 12.8 Å². The van der Waals surface area contributed by atoms with Gasteiger partial charge in [-0.3, -0.25) is 0 Å². The third kappa shape index (κ3) is 3.93. The van der Waals surface area contributed by atoms with Gasteiger partial charge in [0.1, 0.15) is 5.67 Å². The van der Waals surface area contributed by atoms with Gasteiger partial charge < -0.3 is 10.0 Å². The number of nitrogens with one attached hydrogen (secondary N) is 1. The lowest BCUT2D eigenvalue weighted by molar-refractivity contribution is 0.0487. The van der Waals surface area contributed by atoms with Gasteiger partial charge in [-0.1, -0.05) is 0 Å². The summed E-state index contributed by atoms with van der Waals surface area (Å²) in [6, 6.07) is 0. The highest BCUT2D eigenvalue weighted by Crippen LogP contribution is 2.24. The molecule has 0 aromatic heterocycles. The van der Waals surface area contributed by atoms with E-state index in [9.17, 15) is 17.6 Å². The van der Waals surface area contributed by atoms with Crippen LogP contribution in [-0.2, 0) is 10.0 Å². The first-order chi connectivity index (χ1) is 7.22. The number of halogens is 1. The molecule has 0 radical (unpaired) electrons. The monoisotopic (exact) mass is 254 g/mol. The summed E-state index contributed by atoms with van der Waals surface area (Å²) in [6.45, 7) is -0.375. The van der Waals surface area contributed by atoms with Crippen LogP contribution in [0.15, 0.2) is 0 Å². The number of carbonyl (C=O) groups is 1. The number of sulfonamides is 1. The average Bonchev–Trinajstić information content (AvgIpc) is 2.14. The van der Waals surface area contributed by atoms with E-state index in [1.165, 1.54) is 0 Å². The molecule has 0 saturated carbocycles. The largest absolute Gasteiger partial charge is 0.465 e. The second-order valence-electron chi connectivity index (χ2n) is 4.05.